The molecule has 0 unspecified atom stereocenters. The molecular formula is C20H29N3O2. The second-order valence-corrected chi connectivity index (χ2v) is 7.33. The van der Waals surface area contributed by atoms with Crippen molar-refractivity contribution in [3.05, 3.63) is 23.8 Å². The molecule has 1 saturated carbocycles. The van der Waals surface area contributed by atoms with E-state index >= 15 is 0 Å². The predicted octanol–water partition coefficient (Wildman–Crippen LogP) is 3.24. The SMILES string of the molecule is CC(=O)N1CCc2cc(N[C@H](C)C(=O)NC3CCCCCC3)ccc21. The van der Waals surface area contributed by atoms with Crippen LogP contribution in [0.25, 0.3) is 0 Å². The fraction of sp³-hybridized carbons (Fsp3) is 0.600. The number of rotatable bonds is 4. The summed E-state index contributed by atoms with van der Waals surface area (Å²) < 4.78 is 0. The Morgan fingerprint density at radius 2 is 1.88 bits per heavy atom. The van der Waals surface area contributed by atoms with Crippen molar-refractivity contribution in [2.24, 2.45) is 0 Å². The molecule has 2 N–H and O–H groups in total. The van der Waals surface area contributed by atoms with Gasteiger partial charge < -0.3 is 15.5 Å². The molecule has 1 heterocycles. The molecule has 0 saturated heterocycles. The summed E-state index contributed by atoms with van der Waals surface area (Å²) in [6.07, 6.45) is 8.05. The lowest BCUT2D eigenvalue weighted by Crippen LogP contribution is -2.43. The molecule has 5 nitrogen and oxygen atoms in total. The zero-order valence-corrected chi connectivity index (χ0v) is 15.3. The van der Waals surface area contributed by atoms with Gasteiger partial charge in [-0.1, -0.05) is 25.7 Å². The van der Waals surface area contributed by atoms with Gasteiger partial charge in [0.15, 0.2) is 0 Å². The van der Waals surface area contributed by atoms with Crippen LogP contribution in [0.1, 0.15) is 57.9 Å². The largest absolute Gasteiger partial charge is 0.374 e. The quantitative estimate of drug-likeness (QED) is 0.825. The van der Waals surface area contributed by atoms with E-state index in [2.05, 4.69) is 16.7 Å². The van der Waals surface area contributed by atoms with Crippen molar-refractivity contribution < 1.29 is 9.59 Å². The summed E-state index contributed by atoms with van der Waals surface area (Å²) in [7, 11) is 0. The van der Waals surface area contributed by atoms with E-state index < -0.39 is 0 Å². The molecule has 5 heteroatoms. The Balaban J connectivity index is 1.58. The molecule has 1 aliphatic carbocycles. The minimum absolute atomic E-state index is 0.0674. The smallest absolute Gasteiger partial charge is 0.242 e. The number of anilines is 2. The van der Waals surface area contributed by atoms with Crippen LogP contribution >= 0.6 is 0 Å². The highest BCUT2D eigenvalue weighted by molar-refractivity contribution is 5.94. The maximum absolute atomic E-state index is 12.5. The minimum atomic E-state index is -0.272. The molecule has 0 spiro atoms. The van der Waals surface area contributed by atoms with Crippen LogP contribution in [0.3, 0.4) is 0 Å². The molecule has 0 radical (unpaired) electrons. The Hall–Kier alpha value is -2.04. The number of amides is 2. The lowest BCUT2D eigenvalue weighted by molar-refractivity contribution is -0.122. The van der Waals surface area contributed by atoms with Gasteiger partial charge in [-0.3, -0.25) is 9.59 Å². The molecule has 3 rings (SSSR count). The van der Waals surface area contributed by atoms with E-state index in [1.165, 1.54) is 25.7 Å². The van der Waals surface area contributed by atoms with Crippen molar-refractivity contribution in [2.75, 3.05) is 16.8 Å². The number of carbonyl (C=O) groups excluding carboxylic acids is 2. The molecule has 0 bridgehead atoms. The first-order valence-corrected chi connectivity index (χ1v) is 9.52. The summed E-state index contributed by atoms with van der Waals surface area (Å²) in [6.45, 7) is 4.24. The van der Waals surface area contributed by atoms with Crippen LogP contribution in [0.4, 0.5) is 11.4 Å². The molecule has 1 atom stereocenters. The number of hydrogen-bond acceptors (Lipinski definition) is 3. The number of fused-ring (bicyclic) bond motifs is 1. The van der Waals surface area contributed by atoms with Crippen molar-refractivity contribution in [1.29, 1.82) is 0 Å². The number of hydrogen-bond donors (Lipinski definition) is 2. The van der Waals surface area contributed by atoms with Gasteiger partial charge in [0.1, 0.15) is 6.04 Å². The van der Waals surface area contributed by atoms with Gasteiger partial charge in [0.25, 0.3) is 0 Å². The van der Waals surface area contributed by atoms with Gasteiger partial charge in [-0.2, -0.15) is 0 Å². The molecule has 136 valence electrons. The van der Waals surface area contributed by atoms with E-state index in [-0.39, 0.29) is 17.9 Å². The first kappa shape index (κ1) is 17.8. The average Bonchev–Trinajstić information content (AvgIpc) is 2.84. The monoisotopic (exact) mass is 343 g/mol. The fourth-order valence-electron chi connectivity index (χ4n) is 3.88. The van der Waals surface area contributed by atoms with E-state index in [9.17, 15) is 9.59 Å². The topological polar surface area (TPSA) is 61.4 Å². The van der Waals surface area contributed by atoms with Crippen molar-refractivity contribution >= 4 is 23.2 Å². The predicted molar refractivity (Wildman–Crippen MR) is 101 cm³/mol. The highest BCUT2D eigenvalue weighted by Gasteiger charge is 2.23. The average molecular weight is 343 g/mol. The highest BCUT2D eigenvalue weighted by atomic mass is 16.2. The Kier molecular flexibility index (Phi) is 5.61. The maximum atomic E-state index is 12.5. The lowest BCUT2D eigenvalue weighted by atomic mass is 10.1. The van der Waals surface area contributed by atoms with Crippen molar-refractivity contribution in [3.63, 3.8) is 0 Å². The van der Waals surface area contributed by atoms with Crippen molar-refractivity contribution in [2.45, 2.75) is 70.9 Å². The normalized spacial score (nSPS) is 19.0. The fourth-order valence-corrected chi connectivity index (χ4v) is 3.88. The van der Waals surface area contributed by atoms with E-state index in [1.807, 2.05) is 19.1 Å². The van der Waals surface area contributed by atoms with Crippen molar-refractivity contribution in [3.8, 4) is 0 Å². The Labute approximate surface area is 150 Å². The first-order chi connectivity index (χ1) is 12.0. The Morgan fingerprint density at radius 1 is 1.16 bits per heavy atom. The third kappa shape index (κ3) is 4.33. The first-order valence-electron chi connectivity index (χ1n) is 9.52. The van der Waals surface area contributed by atoms with Crippen LogP contribution < -0.4 is 15.5 Å². The van der Waals surface area contributed by atoms with E-state index in [0.717, 1.165) is 42.7 Å². The van der Waals surface area contributed by atoms with Crippen LogP contribution in [-0.4, -0.2) is 30.4 Å². The second kappa shape index (κ2) is 7.89. The Morgan fingerprint density at radius 3 is 2.56 bits per heavy atom. The van der Waals surface area contributed by atoms with Crippen LogP contribution in [0, 0.1) is 0 Å². The van der Waals surface area contributed by atoms with E-state index in [0.29, 0.717) is 6.04 Å². The second-order valence-electron chi connectivity index (χ2n) is 7.33. The summed E-state index contributed by atoms with van der Waals surface area (Å²) in [6, 6.07) is 6.04. The van der Waals surface area contributed by atoms with Gasteiger partial charge in [0.05, 0.1) is 0 Å². The van der Waals surface area contributed by atoms with Gasteiger partial charge in [-0.25, -0.2) is 0 Å². The van der Waals surface area contributed by atoms with Gasteiger partial charge >= 0.3 is 0 Å². The molecule has 2 amide bonds. The maximum Gasteiger partial charge on any atom is 0.242 e. The van der Waals surface area contributed by atoms with Crippen LogP contribution in [-0.2, 0) is 16.0 Å². The minimum Gasteiger partial charge on any atom is -0.374 e. The van der Waals surface area contributed by atoms with Crippen LogP contribution in [0.15, 0.2) is 18.2 Å². The summed E-state index contributed by atoms with van der Waals surface area (Å²) in [5.41, 5.74) is 3.10. The number of benzene rings is 1. The Bertz CT molecular complexity index is 636. The highest BCUT2D eigenvalue weighted by Crippen LogP contribution is 2.30. The number of nitrogens with zero attached hydrogens (tertiary/aromatic N) is 1. The molecule has 0 aromatic heterocycles. The summed E-state index contributed by atoms with van der Waals surface area (Å²) >= 11 is 0. The standard InChI is InChI=1S/C20H29N3O2/c1-14(20(25)22-17-7-5-3-4-6-8-17)21-18-9-10-19-16(13-18)11-12-23(19)15(2)24/h9-10,13-14,17,21H,3-8,11-12H2,1-2H3,(H,22,25)/t14-/m1/s1. The van der Waals surface area contributed by atoms with Gasteiger partial charge in [-0.15, -0.1) is 0 Å². The summed E-state index contributed by atoms with van der Waals surface area (Å²) in [5.74, 6) is 0.147. The number of nitrogens with one attached hydrogen (secondary N) is 2. The van der Waals surface area contributed by atoms with Crippen LogP contribution in [0.2, 0.25) is 0 Å². The molecule has 1 fully saturated rings. The van der Waals surface area contributed by atoms with E-state index in [4.69, 9.17) is 0 Å². The zero-order valence-electron chi connectivity index (χ0n) is 15.3. The van der Waals surface area contributed by atoms with Gasteiger partial charge in [-0.05, 0) is 49.9 Å². The van der Waals surface area contributed by atoms with Crippen LogP contribution in [0.5, 0.6) is 0 Å². The van der Waals surface area contributed by atoms with Gasteiger partial charge in [0, 0.05) is 30.9 Å². The van der Waals surface area contributed by atoms with E-state index in [1.54, 1.807) is 11.8 Å². The third-order valence-corrected chi connectivity index (χ3v) is 5.33. The molecule has 1 aromatic carbocycles. The molecule has 1 aromatic rings. The molecular weight excluding hydrogens is 314 g/mol. The van der Waals surface area contributed by atoms with Gasteiger partial charge in [0.2, 0.25) is 11.8 Å². The lowest BCUT2D eigenvalue weighted by Gasteiger charge is -2.21. The molecule has 25 heavy (non-hydrogen) atoms. The molecule has 2 aliphatic rings. The third-order valence-electron chi connectivity index (χ3n) is 5.33. The zero-order chi connectivity index (χ0) is 17.8. The summed E-state index contributed by atoms with van der Waals surface area (Å²) in [5, 5.41) is 6.50. The summed E-state index contributed by atoms with van der Waals surface area (Å²) in [4.78, 5) is 25.9. The number of carbonyl (C=O) groups is 2. The molecule has 1 aliphatic heterocycles. The van der Waals surface area contributed by atoms with Crippen molar-refractivity contribution in [1.82, 2.24) is 5.32 Å².